The molecular formula is C18H21N5O. The summed E-state index contributed by atoms with van der Waals surface area (Å²) in [6.45, 7) is 4.64. The van der Waals surface area contributed by atoms with Crippen molar-refractivity contribution in [2.75, 3.05) is 13.6 Å². The van der Waals surface area contributed by atoms with E-state index in [4.69, 9.17) is 0 Å². The van der Waals surface area contributed by atoms with Gasteiger partial charge in [-0.1, -0.05) is 12.1 Å². The lowest BCUT2D eigenvalue weighted by molar-refractivity contribution is 0.0796. The SMILES string of the molecule is Cc1n[nH]c(C)c1CCN(C)C(=O)c1ccc(-c2ccn[nH]2)cc1. The summed E-state index contributed by atoms with van der Waals surface area (Å²) in [6.07, 6.45) is 2.50. The zero-order valence-corrected chi connectivity index (χ0v) is 14.1. The van der Waals surface area contributed by atoms with E-state index in [0.29, 0.717) is 12.1 Å². The van der Waals surface area contributed by atoms with Gasteiger partial charge in [0.2, 0.25) is 0 Å². The summed E-state index contributed by atoms with van der Waals surface area (Å²) < 4.78 is 0. The Kier molecular flexibility index (Phi) is 4.46. The van der Waals surface area contributed by atoms with E-state index < -0.39 is 0 Å². The van der Waals surface area contributed by atoms with E-state index in [2.05, 4.69) is 20.4 Å². The van der Waals surface area contributed by atoms with Crippen molar-refractivity contribution < 1.29 is 4.79 Å². The number of hydrogen-bond donors (Lipinski definition) is 2. The summed E-state index contributed by atoms with van der Waals surface area (Å²) in [6, 6.07) is 9.46. The molecule has 0 aliphatic carbocycles. The van der Waals surface area contributed by atoms with Gasteiger partial charge in [0, 0.05) is 31.0 Å². The topological polar surface area (TPSA) is 77.7 Å². The highest BCUT2D eigenvalue weighted by molar-refractivity contribution is 5.94. The lowest BCUT2D eigenvalue weighted by Gasteiger charge is -2.17. The molecule has 3 aromatic rings. The molecule has 0 aliphatic rings. The summed E-state index contributed by atoms with van der Waals surface area (Å²) in [5.74, 6) is 0.0185. The largest absolute Gasteiger partial charge is 0.341 e. The molecule has 0 radical (unpaired) electrons. The third-order valence-corrected chi connectivity index (χ3v) is 4.27. The molecule has 6 heteroatoms. The third-order valence-electron chi connectivity index (χ3n) is 4.27. The highest BCUT2D eigenvalue weighted by Gasteiger charge is 2.14. The molecular weight excluding hydrogens is 302 g/mol. The van der Waals surface area contributed by atoms with Gasteiger partial charge in [0.1, 0.15) is 0 Å². The molecule has 1 aromatic carbocycles. The molecule has 24 heavy (non-hydrogen) atoms. The molecule has 0 unspecified atom stereocenters. The molecule has 0 fully saturated rings. The maximum atomic E-state index is 12.6. The van der Waals surface area contributed by atoms with Gasteiger partial charge >= 0.3 is 0 Å². The fourth-order valence-corrected chi connectivity index (χ4v) is 2.75. The number of amides is 1. The van der Waals surface area contributed by atoms with Crippen LogP contribution in [0.1, 0.15) is 27.3 Å². The number of benzene rings is 1. The van der Waals surface area contributed by atoms with E-state index >= 15 is 0 Å². The number of nitrogens with zero attached hydrogens (tertiary/aromatic N) is 3. The van der Waals surface area contributed by atoms with Gasteiger partial charge in [-0.25, -0.2) is 0 Å². The quantitative estimate of drug-likeness (QED) is 0.758. The Hall–Kier alpha value is -2.89. The van der Waals surface area contributed by atoms with E-state index in [0.717, 1.165) is 29.1 Å². The minimum atomic E-state index is 0.0185. The van der Waals surface area contributed by atoms with Crippen molar-refractivity contribution in [1.82, 2.24) is 25.3 Å². The van der Waals surface area contributed by atoms with E-state index in [9.17, 15) is 4.79 Å². The van der Waals surface area contributed by atoms with E-state index in [1.165, 1.54) is 5.56 Å². The lowest BCUT2D eigenvalue weighted by atomic mass is 10.1. The molecule has 0 atom stereocenters. The summed E-state index contributed by atoms with van der Waals surface area (Å²) in [5.41, 5.74) is 5.88. The zero-order chi connectivity index (χ0) is 17.1. The molecule has 0 aliphatic heterocycles. The summed E-state index contributed by atoms with van der Waals surface area (Å²) in [5, 5.41) is 14.0. The Morgan fingerprint density at radius 1 is 1.12 bits per heavy atom. The Labute approximate surface area is 140 Å². The Morgan fingerprint density at radius 3 is 2.46 bits per heavy atom. The maximum absolute atomic E-state index is 12.6. The summed E-state index contributed by atoms with van der Waals surface area (Å²) >= 11 is 0. The molecule has 0 spiro atoms. The van der Waals surface area contributed by atoms with Crippen LogP contribution in [0.25, 0.3) is 11.3 Å². The van der Waals surface area contributed by atoms with Gasteiger partial charge < -0.3 is 4.90 Å². The van der Waals surface area contributed by atoms with Crippen LogP contribution >= 0.6 is 0 Å². The molecule has 0 saturated carbocycles. The fourth-order valence-electron chi connectivity index (χ4n) is 2.75. The standard InChI is InChI=1S/C18H21N5O/c1-12-16(13(2)21-20-12)9-11-23(3)18(24)15-6-4-14(5-7-15)17-8-10-19-22-17/h4-8,10H,9,11H2,1-3H3,(H,19,22)(H,20,21). The van der Waals surface area contributed by atoms with Gasteiger partial charge in [0.15, 0.2) is 0 Å². The van der Waals surface area contributed by atoms with E-state index in [-0.39, 0.29) is 5.91 Å². The van der Waals surface area contributed by atoms with Crippen LogP contribution in [0.2, 0.25) is 0 Å². The number of aromatic nitrogens is 4. The Balaban J connectivity index is 1.65. The maximum Gasteiger partial charge on any atom is 0.253 e. The monoisotopic (exact) mass is 323 g/mol. The fraction of sp³-hybridized carbons (Fsp3) is 0.278. The average Bonchev–Trinajstić information content (AvgIpc) is 3.23. The molecule has 0 bridgehead atoms. The molecule has 2 aromatic heterocycles. The van der Waals surface area contributed by atoms with Crippen molar-refractivity contribution in [3.8, 4) is 11.3 Å². The molecule has 3 rings (SSSR count). The predicted octanol–water partition coefficient (Wildman–Crippen LogP) is 2.73. The number of hydrogen-bond acceptors (Lipinski definition) is 3. The van der Waals surface area contributed by atoms with Crippen molar-refractivity contribution in [3.63, 3.8) is 0 Å². The van der Waals surface area contributed by atoms with Gasteiger partial charge in [-0.2, -0.15) is 10.2 Å². The second-order valence-corrected chi connectivity index (χ2v) is 5.94. The van der Waals surface area contributed by atoms with Crippen molar-refractivity contribution >= 4 is 5.91 Å². The Morgan fingerprint density at radius 2 is 1.88 bits per heavy atom. The first-order valence-electron chi connectivity index (χ1n) is 7.92. The van der Waals surface area contributed by atoms with Gasteiger partial charge in [0.25, 0.3) is 5.91 Å². The normalized spacial score (nSPS) is 10.8. The molecule has 0 saturated heterocycles. The van der Waals surface area contributed by atoms with Crippen LogP contribution in [-0.2, 0) is 6.42 Å². The minimum Gasteiger partial charge on any atom is -0.341 e. The first-order valence-corrected chi connectivity index (χ1v) is 7.92. The second kappa shape index (κ2) is 6.70. The van der Waals surface area contributed by atoms with Crippen LogP contribution in [0.3, 0.4) is 0 Å². The van der Waals surface area contributed by atoms with Crippen molar-refractivity contribution in [2.24, 2.45) is 0 Å². The first-order chi connectivity index (χ1) is 11.6. The summed E-state index contributed by atoms with van der Waals surface area (Å²) in [7, 11) is 1.83. The highest BCUT2D eigenvalue weighted by atomic mass is 16.2. The number of rotatable bonds is 5. The van der Waals surface area contributed by atoms with E-state index in [1.807, 2.05) is 51.2 Å². The third kappa shape index (κ3) is 3.22. The number of likely N-dealkylation sites (N-methyl/N-ethyl adjacent to an activating group) is 1. The average molecular weight is 323 g/mol. The number of aryl methyl sites for hydroxylation is 2. The van der Waals surface area contributed by atoms with Crippen molar-refractivity contribution in [3.05, 3.63) is 59.0 Å². The van der Waals surface area contributed by atoms with Gasteiger partial charge in [-0.15, -0.1) is 0 Å². The van der Waals surface area contributed by atoms with Crippen molar-refractivity contribution in [2.45, 2.75) is 20.3 Å². The molecule has 2 heterocycles. The number of nitrogens with one attached hydrogen (secondary N) is 2. The summed E-state index contributed by atoms with van der Waals surface area (Å²) in [4.78, 5) is 14.3. The number of aromatic amines is 2. The Bertz CT molecular complexity index is 798. The zero-order valence-electron chi connectivity index (χ0n) is 14.1. The smallest absolute Gasteiger partial charge is 0.253 e. The number of carbonyl (C=O) groups excluding carboxylic acids is 1. The molecule has 2 N–H and O–H groups in total. The van der Waals surface area contributed by atoms with Crippen LogP contribution < -0.4 is 0 Å². The van der Waals surface area contributed by atoms with Crippen LogP contribution in [0.4, 0.5) is 0 Å². The minimum absolute atomic E-state index is 0.0185. The van der Waals surface area contributed by atoms with Gasteiger partial charge in [0.05, 0.1) is 11.4 Å². The van der Waals surface area contributed by atoms with Crippen molar-refractivity contribution in [1.29, 1.82) is 0 Å². The van der Waals surface area contributed by atoms with Gasteiger partial charge in [-0.05, 0) is 49.6 Å². The number of carbonyl (C=O) groups is 1. The van der Waals surface area contributed by atoms with E-state index in [1.54, 1.807) is 11.1 Å². The van der Waals surface area contributed by atoms with Crippen LogP contribution in [0, 0.1) is 13.8 Å². The van der Waals surface area contributed by atoms with Crippen LogP contribution in [0.15, 0.2) is 36.5 Å². The van der Waals surface area contributed by atoms with Crippen LogP contribution in [-0.4, -0.2) is 44.8 Å². The molecule has 1 amide bonds. The molecule has 6 nitrogen and oxygen atoms in total. The lowest BCUT2D eigenvalue weighted by Crippen LogP contribution is -2.29. The first kappa shape index (κ1) is 16.0. The predicted molar refractivity (Wildman–Crippen MR) is 92.7 cm³/mol. The van der Waals surface area contributed by atoms with Crippen LogP contribution in [0.5, 0.6) is 0 Å². The number of H-pyrrole nitrogens is 2. The highest BCUT2D eigenvalue weighted by Crippen LogP contribution is 2.17. The molecule has 124 valence electrons. The van der Waals surface area contributed by atoms with Gasteiger partial charge in [-0.3, -0.25) is 15.0 Å². The second-order valence-electron chi connectivity index (χ2n) is 5.94.